The average Bonchev–Trinajstić information content (AvgIpc) is 2.56. The lowest BCUT2D eigenvalue weighted by Gasteiger charge is -2.17. The molecule has 0 fully saturated rings. The Morgan fingerprint density at radius 2 is 2.13 bits per heavy atom. The van der Waals surface area contributed by atoms with Crippen molar-refractivity contribution in [2.24, 2.45) is 5.73 Å². The molecule has 2 rings (SSSR count). The van der Waals surface area contributed by atoms with Gasteiger partial charge >= 0.3 is 0 Å². The fourth-order valence-corrected chi connectivity index (χ4v) is 2.71. The predicted octanol–water partition coefficient (Wildman–Crippen LogP) is 2.59. The zero-order chi connectivity index (χ0) is 16.7. The Bertz CT molecular complexity index is 596. The summed E-state index contributed by atoms with van der Waals surface area (Å²) in [7, 11) is 0. The number of hydrogen-bond acceptors (Lipinski definition) is 3. The Labute approximate surface area is 137 Å². The van der Waals surface area contributed by atoms with Crippen LogP contribution in [0.4, 0.5) is 5.69 Å². The maximum atomic E-state index is 12.1. The van der Waals surface area contributed by atoms with Crippen LogP contribution in [0, 0.1) is 0 Å². The molecule has 0 unspecified atom stereocenters. The smallest absolute Gasteiger partial charge is 0.248 e. The van der Waals surface area contributed by atoms with Crippen molar-refractivity contribution in [1.29, 1.82) is 0 Å². The van der Waals surface area contributed by atoms with Crippen LogP contribution >= 0.6 is 0 Å². The van der Waals surface area contributed by atoms with Crippen molar-refractivity contribution in [2.45, 2.75) is 45.1 Å². The number of anilines is 1. The molecule has 1 aromatic rings. The molecule has 0 bridgehead atoms. The van der Waals surface area contributed by atoms with Gasteiger partial charge in [0.1, 0.15) is 6.04 Å². The highest BCUT2D eigenvalue weighted by Crippen LogP contribution is 2.19. The number of allylic oxidation sites excluding steroid dienone is 1. The molecule has 4 N–H and O–H groups in total. The van der Waals surface area contributed by atoms with E-state index >= 15 is 0 Å². The predicted molar refractivity (Wildman–Crippen MR) is 92.2 cm³/mol. The SMILES string of the molecule is C[C@H](Nc1cccc(C(N)=O)c1)C(=O)NCCC1=CCCCC1. The van der Waals surface area contributed by atoms with Crippen LogP contribution < -0.4 is 16.4 Å². The summed E-state index contributed by atoms with van der Waals surface area (Å²) in [5, 5.41) is 6.04. The summed E-state index contributed by atoms with van der Waals surface area (Å²) >= 11 is 0. The molecular weight excluding hydrogens is 290 g/mol. The molecule has 0 saturated heterocycles. The molecule has 2 amide bonds. The number of nitrogens with two attached hydrogens (primary N) is 1. The van der Waals surface area contributed by atoms with Gasteiger partial charge in [-0.15, -0.1) is 0 Å². The minimum Gasteiger partial charge on any atom is -0.374 e. The Balaban J connectivity index is 1.79. The van der Waals surface area contributed by atoms with Gasteiger partial charge in [0.25, 0.3) is 0 Å². The molecule has 23 heavy (non-hydrogen) atoms. The van der Waals surface area contributed by atoms with Gasteiger partial charge in [-0.05, 0) is 57.2 Å². The number of carbonyl (C=O) groups excluding carboxylic acids is 2. The van der Waals surface area contributed by atoms with Gasteiger partial charge in [0, 0.05) is 17.8 Å². The van der Waals surface area contributed by atoms with Crippen molar-refractivity contribution in [3.05, 3.63) is 41.5 Å². The number of hydrogen-bond donors (Lipinski definition) is 3. The molecule has 1 aliphatic rings. The van der Waals surface area contributed by atoms with Crippen LogP contribution in [0.25, 0.3) is 0 Å². The molecule has 124 valence electrons. The maximum Gasteiger partial charge on any atom is 0.248 e. The summed E-state index contributed by atoms with van der Waals surface area (Å²) in [6.45, 7) is 2.46. The standard InChI is InChI=1S/C18H25N3O2/c1-13(21-16-9-5-8-15(12-16)17(19)22)18(23)20-11-10-14-6-3-2-4-7-14/h5-6,8-9,12-13,21H,2-4,7,10-11H2,1H3,(H2,19,22)(H,20,23)/t13-/m0/s1. The van der Waals surface area contributed by atoms with Crippen LogP contribution in [-0.2, 0) is 4.79 Å². The zero-order valence-corrected chi connectivity index (χ0v) is 13.6. The van der Waals surface area contributed by atoms with Gasteiger partial charge in [0.05, 0.1) is 0 Å². The van der Waals surface area contributed by atoms with Crippen molar-refractivity contribution in [1.82, 2.24) is 5.32 Å². The van der Waals surface area contributed by atoms with Crippen molar-refractivity contribution in [2.75, 3.05) is 11.9 Å². The summed E-state index contributed by atoms with van der Waals surface area (Å²) in [5.41, 5.74) is 7.84. The van der Waals surface area contributed by atoms with Crippen LogP contribution in [0.3, 0.4) is 0 Å². The van der Waals surface area contributed by atoms with E-state index in [0.717, 1.165) is 19.3 Å². The van der Waals surface area contributed by atoms with E-state index in [9.17, 15) is 9.59 Å². The van der Waals surface area contributed by atoms with Crippen LogP contribution in [0.15, 0.2) is 35.9 Å². The third kappa shape index (κ3) is 5.43. The number of amides is 2. The Morgan fingerprint density at radius 3 is 2.83 bits per heavy atom. The number of carbonyl (C=O) groups is 2. The first-order chi connectivity index (χ1) is 11.1. The van der Waals surface area contributed by atoms with Crippen molar-refractivity contribution in [3.8, 4) is 0 Å². The van der Waals surface area contributed by atoms with Crippen LogP contribution in [-0.4, -0.2) is 24.4 Å². The lowest BCUT2D eigenvalue weighted by molar-refractivity contribution is -0.121. The molecule has 0 radical (unpaired) electrons. The molecule has 0 spiro atoms. The highest BCUT2D eigenvalue weighted by Gasteiger charge is 2.13. The zero-order valence-electron chi connectivity index (χ0n) is 13.6. The molecule has 1 aliphatic carbocycles. The monoisotopic (exact) mass is 315 g/mol. The molecule has 0 aliphatic heterocycles. The largest absolute Gasteiger partial charge is 0.374 e. The second kappa shape index (κ2) is 8.36. The van der Waals surface area contributed by atoms with Gasteiger partial charge in [-0.1, -0.05) is 17.7 Å². The second-order valence-electron chi connectivity index (χ2n) is 5.96. The molecule has 5 nitrogen and oxygen atoms in total. The van der Waals surface area contributed by atoms with E-state index in [-0.39, 0.29) is 11.9 Å². The van der Waals surface area contributed by atoms with Gasteiger partial charge in [0.15, 0.2) is 0 Å². The first kappa shape index (κ1) is 17.1. The van der Waals surface area contributed by atoms with Gasteiger partial charge < -0.3 is 16.4 Å². The molecule has 5 heteroatoms. The fraction of sp³-hybridized carbons (Fsp3) is 0.444. The third-order valence-electron chi connectivity index (χ3n) is 4.05. The summed E-state index contributed by atoms with van der Waals surface area (Å²) in [6.07, 6.45) is 8.08. The van der Waals surface area contributed by atoms with E-state index in [4.69, 9.17) is 5.73 Å². The first-order valence-corrected chi connectivity index (χ1v) is 8.18. The molecule has 1 atom stereocenters. The minimum atomic E-state index is -0.480. The van der Waals surface area contributed by atoms with Crippen LogP contribution in [0.1, 0.15) is 49.4 Å². The highest BCUT2D eigenvalue weighted by atomic mass is 16.2. The highest BCUT2D eigenvalue weighted by molar-refractivity contribution is 5.94. The number of primary amides is 1. The quantitative estimate of drug-likeness (QED) is 0.676. The van der Waals surface area contributed by atoms with Gasteiger partial charge in [0.2, 0.25) is 11.8 Å². The van der Waals surface area contributed by atoms with Crippen LogP contribution in [0.5, 0.6) is 0 Å². The van der Waals surface area contributed by atoms with Gasteiger partial charge in [-0.25, -0.2) is 0 Å². The van der Waals surface area contributed by atoms with E-state index < -0.39 is 5.91 Å². The van der Waals surface area contributed by atoms with Gasteiger partial charge in [-0.3, -0.25) is 9.59 Å². The third-order valence-corrected chi connectivity index (χ3v) is 4.05. The summed E-state index contributed by atoms with van der Waals surface area (Å²) in [4.78, 5) is 23.3. The Morgan fingerprint density at radius 1 is 1.30 bits per heavy atom. The summed E-state index contributed by atoms with van der Waals surface area (Å²) in [6, 6.07) is 6.47. The van der Waals surface area contributed by atoms with Gasteiger partial charge in [-0.2, -0.15) is 0 Å². The van der Waals surface area contributed by atoms with E-state index in [2.05, 4.69) is 16.7 Å². The lowest BCUT2D eigenvalue weighted by Crippen LogP contribution is -2.38. The first-order valence-electron chi connectivity index (χ1n) is 8.18. The molecule has 0 aromatic heterocycles. The van der Waals surface area contributed by atoms with E-state index in [1.807, 2.05) is 6.07 Å². The Kier molecular flexibility index (Phi) is 6.20. The lowest BCUT2D eigenvalue weighted by atomic mass is 9.97. The van der Waals surface area contributed by atoms with Crippen molar-refractivity contribution < 1.29 is 9.59 Å². The van der Waals surface area contributed by atoms with E-state index in [1.54, 1.807) is 25.1 Å². The fourth-order valence-electron chi connectivity index (χ4n) is 2.71. The molecule has 0 heterocycles. The number of benzene rings is 1. The number of nitrogens with one attached hydrogen (secondary N) is 2. The normalized spacial score (nSPS) is 15.4. The minimum absolute atomic E-state index is 0.0501. The Hall–Kier alpha value is -2.30. The van der Waals surface area contributed by atoms with Crippen molar-refractivity contribution >= 4 is 17.5 Å². The number of rotatable bonds is 7. The van der Waals surface area contributed by atoms with Crippen LogP contribution in [0.2, 0.25) is 0 Å². The average molecular weight is 315 g/mol. The molecule has 1 aromatic carbocycles. The van der Waals surface area contributed by atoms with E-state index in [0.29, 0.717) is 17.8 Å². The van der Waals surface area contributed by atoms with Crippen molar-refractivity contribution in [3.63, 3.8) is 0 Å². The van der Waals surface area contributed by atoms with E-state index in [1.165, 1.54) is 18.4 Å². The second-order valence-corrected chi connectivity index (χ2v) is 5.96. The summed E-state index contributed by atoms with van der Waals surface area (Å²) in [5.74, 6) is -0.530. The maximum absolute atomic E-state index is 12.1. The molecular formula is C18H25N3O2. The summed E-state index contributed by atoms with van der Waals surface area (Å²) < 4.78 is 0. The topological polar surface area (TPSA) is 84.2 Å². The molecule has 0 saturated carbocycles.